The van der Waals surface area contributed by atoms with Gasteiger partial charge < -0.3 is 33.2 Å². The molecular weight excluding hydrogens is 544 g/mol. The van der Waals surface area contributed by atoms with Gasteiger partial charge in [0.1, 0.15) is 11.5 Å². The third-order valence-electron chi connectivity index (χ3n) is 7.62. The molecule has 0 aromatic heterocycles. The summed E-state index contributed by atoms with van der Waals surface area (Å²) in [6.07, 6.45) is 21.6. The second-order valence-electron chi connectivity index (χ2n) is 11.4. The van der Waals surface area contributed by atoms with Crippen molar-refractivity contribution in [3.63, 3.8) is 0 Å². The van der Waals surface area contributed by atoms with E-state index in [1.54, 1.807) is 28.4 Å². The number of hydrogen-bond acceptors (Lipinski definition) is 7. The topological polar surface area (TPSA) is 64.6 Å². The van der Waals surface area contributed by atoms with Gasteiger partial charge in [-0.2, -0.15) is 0 Å². The third kappa shape index (κ3) is 20.3. The molecule has 2 unspecified atom stereocenters. The average molecular weight is 615 g/mol. The van der Waals surface area contributed by atoms with Crippen LogP contribution in [0.5, 0.6) is 0 Å². The molecule has 2 atom stereocenters. The van der Waals surface area contributed by atoms with Gasteiger partial charge in [0, 0.05) is 26.1 Å². The molecule has 0 amide bonds. The zero-order valence-electron chi connectivity index (χ0n) is 29.6. The fourth-order valence-electron chi connectivity index (χ4n) is 5.09. The van der Waals surface area contributed by atoms with Crippen LogP contribution in [0.2, 0.25) is 0 Å². The van der Waals surface area contributed by atoms with Crippen molar-refractivity contribution in [2.24, 2.45) is 0 Å². The smallest absolute Gasteiger partial charge is 0.223 e. The highest BCUT2D eigenvalue weighted by Gasteiger charge is 2.31. The van der Waals surface area contributed by atoms with Crippen LogP contribution in [0.15, 0.2) is 23.0 Å². The Labute approximate surface area is 266 Å². The molecule has 0 aliphatic heterocycles. The molecule has 7 nitrogen and oxygen atoms in total. The second kappa shape index (κ2) is 30.6. The Morgan fingerprint density at radius 2 is 0.721 bits per heavy atom. The van der Waals surface area contributed by atoms with Gasteiger partial charge in [0.15, 0.2) is 11.5 Å². The number of allylic oxidation sites excluding steroid dienone is 2. The lowest BCUT2D eigenvalue weighted by atomic mass is 10.1. The Kier molecular flexibility index (Phi) is 29.6. The van der Waals surface area contributed by atoms with Gasteiger partial charge in [0.05, 0.1) is 28.4 Å². The van der Waals surface area contributed by atoms with Gasteiger partial charge >= 0.3 is 0 Å². The molecule has 0 saturated heterocycles. The van der Waals surface area contributed by atoms with Gasteiger partial charge in [-0.05, 0) is 25.7 Å². The number of rotatable bonds is 32. The van der Waals surface area contributed by atoms with Crippen molar-refractivity contribution in [2.45, 2.75) is 169 Å². The average Bonchev–Trinajstić information content (AvgIpc) is 3.02. The van der Waals surface area contributed by atoms with Crippen LogP contribution in [-0.4, -0.2) is 54.2 Å². The standard InChI is InChI=1S/C36H70O7/c1-9-13-15-17-19-21-23-25-27-31(37-5)33(39-7)35(41-29-11-3)43-36(42-30-12-4)34(40-8)32(38-6)28-26-24-22-20-18-16-14-10-2/h35-36H,9-30H2,1-8H3. The molecule has 0 aromatic carbocycles. The van der Waals surface area contributed by atoms with E-state index in [0.29, 0.717) is 24.7 Å². The van der Waals surface area contributed by atoms with Crippen molar-refractivity contribution in [1.29, 1.82) is 0 Å². The van der Waals surface area contributed by atoms with Crippen molar-refractivity contribution in [3.05, 3.63) is 23.0 Å². The highest BCUT2D eigenvalue weighted by molar-refractivity contribution is 5.08. The predicted octanol–water partition coefficient (Wildman–Crippen LogP) is 10.6. The highest BCUT2D eigenvalue weighted by atomic mass is 16.8. The third-order valence-corrected chi connectivity index (χ3v) is 7.62. The second-order valence-corrected chi connectivity index (χ2v) is 11.4. The molecule has 0 heterocycles. The van der Waals surface area contributed by atoms with Gasteiger partial charge in [-0.25, -0.2) is 0 Å². The maximum absolute atomic E-state index is 6.52. The first kappa shape index (κ1) is 41.6. The minimum absolute atomic E-state index is 0.508. The minimum Gasteiger partial charge on any atom is -0.497 e. The van der Waals surface area contributed by atoms with Crippen molar-refractivity contribution < 1.29 is 33.2 Å². The van der Waals surface area contributed by atoms with E-state index in [-0.39, 0.29) is 0 Å². The Hall–Kier alpha value is -1.44. The molecule has 7 heteroatoms. The summed E-state index contributed by atoms with van der Waals surface area (Å²) in [6.45, 7) is 9.67. The van der Waals surface area contributed by atoms with E-state index in [4.69, 9.17) is 33.2 Å². The maximum atomic E-state index is 6.52. The van der Waals surface area contributed by atoms with Gasteiger partial charge in [-0.15, -0.1) is 0 Å². The molecule has 0 aromatic rings. The summed E-state index contributed by atoms with van der Waals surface area (Å²) in [7, 11) is 6.67. The zero-order valence-corrected chi connectivity index (χ0v) is 29.6. The molecule has 0 saturated carbocycles. The van der Waals surface area contributed by atoms with Crippen LogP contribution < -0.4 is 0 Å². The molecule has 0 N–H and O–H groups in total. The largest absolute Gasteiger partial charge is 0.497 e. The van der Waals surface area contributed by atoms with E-state index < -0.39 is 12.6 Å². The van der Waals surface area contributed by atoms with E-state index >= 15 is 0 Å². The summed E-state index contributed by atoms with van der Waals surface area (Å²) in [4.78, 5) is 0. The van der Waals surface area contributed by atoms with Gasteiger partial charge in [-0.1, -0.05) is 118 Å². The van der Waals surface area contributed by atoms with Crippen molar-refractivity contribution in [3.8, 4) is 0 Å². The maximum Gasteiger partial charge on any atom is 0.223 e. The van der Waals surface area contributed by atoms with Gasteiger partial charge in [-0.3, -0.25) is 0 Å². The quantitative estimate of drug-likeness (QED) is 0.0424. The van der Waals surface area contributed by atoms with Crippen LogP contribution in [0.1, 0.15) is 156 Å². The summed E-state index contributed by atoms with van der Waals surface area (Å²) in [5, 5.41) is 0. The van der Waals surface area contributed by atoms with Crippen molar-refractivity contribution in [2.75, 3.05) is 41.7 Å². The number of unbranched alkanes of at least 4 members (excludes halogenated alkanes) is 14. The Balaban J connectivity index is 5.65. The molecule has 0 radical (unpaired) electrons. The lowest BCUT2D eigenvalue weighted by molar-refractivity contribution is -0.239. The predicted molar refractivity (Wildman–Crippen MR) is 178 cm³/mol. The van der Waals surface area contributed by atoms with Crippen LogP contribution in [0, 0.1) is 0 Å². The molecular formula is C36H70O7. The van der Waals surface area contributed by atoms with E-state index in [1.165, 1.54) is 77.0 Å². The van der Waals surface area contributed by atoms with E-state index in [0.717, 1.165) is 62.9 Å². The van der Waals surface area contributed by atoms with Crippen molar-refractivity contribution >= 4 is 0 Å². The first-order valence-electron chi connectivity index (χ1n) is 17.6. The SMILES string of the molecule is CCCCCCCCCCC(OC)=C(OC)C(OCCC)OC(OCCC)C(OC)=C(CCCCCCCCCC)OC. The molecule has 43 heavy (non-hydrogen) atoms. The highest BCUT2D eigenvalue weighted by Crippen LogP contribution is 2.27. The summed E-state index contributed by atoms with van der Waals surface area (Å²) < 4.78 is 42.3. The van der Waals surface area contributed by atoms with E-state index in [1.807, 2.05) is 0 Å². The fourth-order valence-corrected chi connectivity index (χ4v) is 5.09. The lowest BCUT2D eigenvalue weighted by Crippen LogP contribution is -2.33. The first-order chi connectivity index (χ1) is 21.1. The summed E-state index contributed by atoms with van der Waals surface area (Å²) >= 11 is 0. The molecule has 0 spiro atoms. The summed E-state index contributed by atoms with van der Waals surface area (Å²) in [5.74, 6) is 2.58. The van der Waals surface area contributed by atoms with E-state index in [2.05, 4.69) is 27.7 Å². The van der Waals surface area contributed by atoms with Crippen molar-refractivity contribution in [1.82, 2.24) is 0 Å². The Morgan fingerprint density at radius 1 is 0.395 bits per heavy atom. The van der Waals surface area contributed by atoms with E-state index in [9.17, 15) is 0 Å². The van der Waals surface area contributed by atoms with Gasteiger partial charge in [0.2, 0.25) is 12.6 Å². The Morgan fingerprint density at radius 3 is 1.00 bits per heavy atom. The first-order valence-corrected chi connectivity index (χ1v) is 17.6. The van der Waals surface area contributed by atoms with Crippen LogP contribution >= 0.6 is 0 Å². The van der Waals surface area contributed by atoms with Crippen LogP contribution in [0.25, 0.3) is 0 Å². The monoisotopic (exact) mass is 615 g/mol. The minimum atomic E-state index is -0.804. The van der Waals surface area contributed by atoms with Crippen LogP contribution in [-0.2, 0) is 33.2 Å². The zero-order chi connectivity index (χ0) is 32.0. The normalized spacial score (nSPS) is 14.1. The lowest BCUT2D eigenvalue weighted by Gasteiger charge is -2.29. The van der Waals surface area contributed by atoms with Crippen LogP contribution in [0.3, 0.4) is 0 Å². The summed E-state index contributed by atoms with van der Waals surface area (Å²) in [6, 6.07) is 0. The molecule has 0 rings (SSSR count). The van der Waals surface area contributed by atoms with Gasteiger partial charge in [0.25, 0.3) is 0 Å². The number of ether oxygens (including phenoxy) is 7. The molecule has 0 aliphatic carbocycles. The molecule has 0 fully saturated rings. The fraction of sp³-hybridized carbons (Fsp3) is 0.889. The molecule has 0 bridgehead atoms. The number of hydrogen-bond donors (Lipinski definition) is 0. The molecule has 0 aliphatic rings. The molecule has 256 valence electrons. The Bertz CT molecular complexity index is 621. The number of methoxy groups -OCH3 is 4. The van der Waals surface area contributed by atoms with Crippen LogP contribution in [0.4, 0.5) is 0 Å². The summed E-state index contributed by atoms with van der Waals surface area (Å²) in [5.41, 5.74) is 0.